The number of hydrogen-bond acceptors (Lipinski definition) is 3. The SMILES string of the molecule is O=C(CSc1ccc(F)cc1)Nc1ccc(-c2cnc3n2CCC3)cc1. The molecule has 0 atom stereocenters. The summed E-state index contributed by atoms with van der Waals surface area (Å²) in [6.07, 6.45) is 4.11. The first-order valence-electron chi connectivity index (χ1n) is 8.52. The predicted octanol–water partition coefficient (Wildman–Crippen LogP) is 4.37. The number of nitrogens with one attached hydrogen (secondary N) is 1. The largest absolute Gasteiger partial charge is 0.328 e. The minimum Gasteiger partial charge on any atom is -0.328 e. The molecule has 2 heterocycles. The van der Waals surface area contributed by atoms with Crippen molar-refractivity contribution in [1.29, 1.82) is 0 Å². The van der Waals surface area contributed by atoms with Crippen LogP contribution in [0.1, 0.15) is 12.2 Å². The Morgan fingerprint density at radius 2 is 1.92 bits per heavy atom. The van der Waals surface area contributed by atoms with E-state index >= 15 is 0 Å². The molecule has 1 aliphatic rings. The Balaban J connectivity index is 1.36. The van der Waals surface area contributed by atoms with Crippen LogP contribution in [0.3, 0.4) is 0 Å². The van der Waals surface area contributed by atoms with E-state index in [0.29, 0.717) is 0 Å². The Hall–Kier alpha value is -2.60. The van der Waals surface area contributed by atoms with E-state index in [-0.39, 0.29) is 17.5 Å². The third-order valence-electron chi connectivity index (χ3n) is 4.37. The van der Waals surface area contributed by atoms with Gasteiger partial charge in [-0.1, -0.05) is 12.1 Å². The van der Waals surface area contributed by atoms with E-state index < -0.39 is 0 Å². The Kier molecular flexibility index (Phi) is 4.75. The van der Waals surface area contributed by atoms with Gasteiger partial charge in [-0.25, -0.2) is 9.37 Å². The number of anilines is 1. The van der Waals surface area contributed by atoms with Crippen LogP contribution in [0.25, 0.3) is 11.3 Å². The van der Waals surface area contributed by atoms with Gasteiger partial charge in [-0.15, -0.1) is 11.8 Å². The van der Waals surface area contributed by atoms with Gasteiger partial charge in [-0.05, 0) is 48.4 Å². The van der Waals surface area contributed by atoms with E-state index in [4.69, 9.17) is 0 Å². The van der Waals surface area contributed by atoms with Gasteiger partial charge in [0.1, 0.15) is 11.6 Å². The van der Waals surface area contributed by atoms with Crippen LogP contribution in [0.5, 0.6) is 0 Å². The number of nitrogens with zero attached hydrogens (tertiary/aromatic N) is 2. The fourth-order valence-corrected chi connectivity index (χ4v) is 3.79. The molecule has 0 saturated carbocycles. The molecule has 1 N–H and O–H groups in total. The first-order chi connectivity index (χ1) is 12.7. The summed E-state index contributed by atoms with van der Waals surface area (Å²) in [5.74, 6) is 1.07. The molecule has 0 unspecified atom stereocenters. The molecule has 0 fully saturated rings. The van der Waals surface area contributed by atoms with Crippen molar-refractivity contribution in [1.82, 2.24) is 9.55 Å². The molecule has 2 aromatic carbocycles. The maximum absolute atomic E-state index is 12.9. The Labute approximate surface area is 155 Å². The van der Waals surface area contributed by atoms with Crippen molar-refractivity contribution in [3.63, 3.8) is 0 Å². The van der Waals surface area contributed by atoms with Gasteiger partial charge in [0.05, 0.1) is 17.6 Å². The van der Waals surface area contributed by atoms with Crippen LogP contribution in [-0.4, -0.2) is 21.2 Å². The molecule has 0 bridgehead atoms. The number of thioether (sulfide) groups is 1. The van der Waals surface area contributed by atoms with Crippen LogP contribution in [-0.2, 0) is 17.8 Å². The van der Waals surface area contributed by atoms with Crippen molar-refractivity contribution < 1.29 is 9.18 Å². The molecule has 0 aliphatic carbocycles. The van der Waals surface area contributed by atoms with Crippen LogP contribution < -0.4 is 5.32 Å². The first kappa shape index (κ1) is 16.8. The average molecular weight is 367 g/mol. The average Bonchev–Trinajstić information content (AvgIpc) is 3.26. The number of halogens is 1. The lowest BCUT2D eigenvalue weighted by Crippen LogP contribution is -2.13. The van der Waals surface area contributed by atoms with Crippen molar-refractivity contribution >= 4 is 23.4 Å². The lowest BCUT2D eigenvalue weighted by atomic mass is 10.1. The molecule has 4 rings (SSSR count). The summed E-state index contributed by atoms with van der Waals surface area (Å²) in [5, 5.41) is 2.89. The van der Waals surface area contributed by atoms with Crippen molar-refractivity contribution in [2.75, 3.05) is 11.1 Å². The van der Waals surface area contributed by atoms with E-state index in [1.165, 1.54) is 23.9 Å². The normalized spacial score (nSPS) is 12.8. The summed E-state index contributed by atoms with van der Waals surface area (Å²) < 4.78 is 15.1. The Bertz CT molecular complexity index is 919. The highest BCUT2D eigenvalue weighted by atomic mass is 32.2. The number of carbonyl (C=O) groups is 1. The highest BCUT2D eigenvalue weighted by molar-refractivity contribution is 8.00. The molecular weight excluding hydrogens is 349 g/mol. The summed E-state index contributed by atoms with van der Waals surface area (Å²) in [5.41, 5.74) is 2.99. The second-order valence-electron chi connectivity index (χ2n) is 6.18. The molecular formula is C20H18FN3OS. The lowest BCUT2D eigenvalue weighted by molar-refractivity contribution is -0.113. The number of fused-ring (bicyclic) bond motifs is 1. The summed E-state index contributed by atoms with van der Waals surface area (Å²) in [7, 11) is 0. The molecule has 4 nitrogen and oxygen atoms in total. The topological polar surface area (TPSA) is 46.9 Å². The van der Waals surface area contributed by atoms with Gasteiger partial charge in [-0.2, -0.15) is 0 Å². The minimum absolute atomic E-state index is 0.0858. The van der Waals surface area contributed by atoms with Crippen molar-refractivity contribution in [3.8, 4) is 11.3 Å². The van der Waals surface area contributed by atoms with Crippen molar-refractivity contribution in [2.24, 2.45) is 0 Å². The maximum Gasteiger partial charge on any atom is 0.234 e. The van der Waals surface area contributed by atoms with E-state index in [0.717, 1.165) is 47.1 Å². The van der Waals surface area contributed by atoms with E-state index in [1.54, 1.807) is 12.1 Å². The zero-order valence-electron chi connectivity index (χ0n) is 14.1. The van der Waals surface area contributed by atoms with Gasteiger partial charge in [0.2, 0.25) is 5.91 Å². The van der Waals surface area contributed by atoms with Crippen LogP contribution in [0.4, 0.5) is 10.1 Å². The quantitative estimate of drug-likeness (QED) is 0.682. The number of amides is 1. The maximum atomic E-state index is 12.9. The summed E-state index contributed by atoms with van der Waals surface area (Å²) in [4.78, 5) is 17.4. The molecule has 6 heteroatoms. The molecule has 1 amide bonds. The van der Waals surface area contributed by atoms with Gasteiger partial charge in [0.25, 0.3) is 0 Å². The van der Waals surface area contributed by atoms with Gasteiger partial charge < -0.3 is 9.88 Å². The van der Waals surface area contributed by atoms with Crippen molar-refractivity contribution in [3.05, 3.63) is 66.4 Å². The predicted molar refractivity (Wildman–Crippen MR) is 102 cm³/mol. The third-order valence-corrected chi connectivity index (χ3v) is 5.38. The minimum atomic E-state index is -0.275. The second kappa shape index (κ2) is 7.33. The molecule has 1 aromatic heterocycles. The molecule has 1 aliphatic heterocycles. The zero-order chi connectivity index (χ0) is 17.9. The van der Waals surface area contributed by atoms with Gasteiger partial charge in [0, 0.05) is 23.5 Å². The number of aromatic nitrogens is 2. The number of aryl methyl sites for hydroxylation is 1. The summed E-state index contributed by atoms with van der Waals surface area (Å²) >= 11 is 1.38. The smallest absolute Gasteiger partial charge is 0.234 e. The summed E-state index contributed by atoms with van der Waals surface area (Å²) in [6, 6.07) is 14.0. The highest BCUT2D eigenvalue weighted by Gasteiger charge is 2.16. The molecule has 0 radical (unpaired) electrons. The monoisotopic (exact) mass is 367 g/mol. The molecule has 132 valence electrons. The van der Waals surface area contributed by atoms with Crippen LogP contribution in [0.2, 0.25) is 0 Å². The lowest BCUT2D eigenvalue weighted by Gasteiger charge is -2.08. The summed E-state index contributed by atoms with van der Waals surface area (Å²) in [6.45, 7) is 1.02. The molecule has 26 heavy (non-hydrogen) atoms. The van der Waals surface area contributed by atoms with E-state index in [9.17, 15) is 9.18 Å². The van der Waals surface area contributed by atoms with Gasteiger partial charge in [-0.3, -0.25) is 4.79 Å². The number of carbonyl (C=O) groups excluding carboxylic acids is 1. The van der Waals surface area contributed by atoms with Crippen LogP contribution >= 0.6 is 11.8 Å². The third kappa shape index (κ3) is 3.65. The van der Waals surface area contributed by atoms with E-state index in [1.807, 2.05) is 30.5 Å². The number of imidazole rings is 1. The molecule has 0 saturated heterocycles. The number of benzene rings is 2. The standard InChI is InChI=1S/C20H18FN3OS/c21-15-5-9-17(10-6-15)26-13-20(25)23-16-7-3-14(4-8-16)18-12-22-19-2-1-11-24(18)19/h3-10,12H,1-2,11,13H2,(H,23,25). The van der Waals surface area contributed by atoms with Crippen molar-refractivity contribution in [2.45, 2.75) is 24.3 Å². The second-order valence-corrected chi connectivity index (χ2v) is 7.23. The zero-order valence-corrected chi connectivity index (χ0v) is 14.9. The molecule has 3 aromatic rings. The number of hydrogen-bond donors (Lipinski definition) is 1. The Morgan fingerprint density at radius 3 is 2.69 bits per heavy atom. The van der Waals surface area contributed by atoms with Crippen LogP contribution in [0, 0.1) is 5.82 Å². The van der Waals surface area contributed by atoms with Gasteiger partial charge >= 0.3 is 0 Å². The van der Waals surface area contributed by atoms with Crippen LogP contribution in [0.15, 0.2) is 59.6 Å². The molecule has 0 spiro atoms. The fraction of sp³-hybridized carbons (Fsp3) is 0.200. The Morgan fingerprint density at radius 1 is 1.15 bits per heavy atom. The van der Waals surface area contributed by atoms with Gasteiger partial charge in [0.15, 0.2) is 0 Å². The number of rotatable bonds is 5. The fourth-order valence-electron chi connectivity index (χ4n) is 3.09. The highest BCUT2D eigenvalue weighted by Crippen LogP contribution is 2.26. The van der Waals surface area contributed by atoms with E-state index in [2.05, 4.69) is 14.9 Å². The first-order valence-corrected chi connectivity index (χ1v) is 9.51.